The molecule has 180 valence electrons. The average Bonchev–Trinajstić information content (AvgIpc) is 3.68. The second kappa shape index (κ2) is 8.61. The number of carboxylic acid groups (broad SMARTS) is 1. The summed E-state index contributed by atoms with van der Waals surface area (Å²) in [6.07, 6.45) is 5.14. The molecule has 7 rings (SSSR count). The maximum atomic E-state index is 15.8. The number of carboxylic acids is 1. The van der Waals surface area contributed by atoms with Gasteiger partial charge in [-0.3, -0.25) is 4.79 Å². The van der Waals surface area contributed by atoms with E-state index in [0.717, 1.165) is 25.7 Å². The number of piperidine rings is 1. The van der Waals surface area contributed by atoms with Gasteiger partial charge in [0.2, 0.25) is 0 Å². The Labute approximate surface area is 202 Å². The summed E-state index contributed by atoms with van der Waals surface area (Å²) in [5.74, 6) is -1.39. The van der Waals surface area contributed by atoms with Crippen LogP contribution in [-0.2, 0) is 4.74 Å². The molecule has 2 atom stereocenters. The first-order chi connectivity index (χ1) is 17.0. The van der Waals surface area contributed by atoms with Crippen molar-refractivity contribution in [3.05, 3.63) is 71.3 Å². The molecule has 3 aliphatic heterocycles. The Morgan fingerprint density at radius 2 is 1.86 bits per heavy atom. The lowest BCUT2D eigenvalue weighted by Gasteiger charge is -2.35. The van der Waals surface area contributed by atoms with Crippen LogP contribution in [0.15, 0.2) is 48.7 Å². The second-order valence-electron chi connectivity index (χ2n) is 9.74. The third-order valence-corrected chi connectivity index (χ3v) is 7.36. The van der Waals surface area contributed by atoms with E-state index in [1.807, 2.05) is 6.07 Å². The molecule has 1 saturated carbocycles. The number of amides is 1. The fraction of sp³-hybridized carbons (Fsp3) is 0.370. The van der Waals surface area contributed by atoms with Gasteiger partial charge in [0.1, 0.15) is 11.4 Å². The van der Waals surface area contributed by atoms with Crippen molar-refractivity contribution in [1.29, 1.82) is 0 Å². The molecule has 1 N–H and O–H groups in total. The molecule has 7 nitrogen and oxygen atoms in total. The number of aromatic nitrogens is 2. The third kappa shape index (κ3) is 3.91. The van der Waals surface area contributed by atoms with E-state index in [9.17, 15) is 14.7 Å². The number of ether oxygens (including phenoxy) is 1. The summed E-state index contributed by atoms with van der Waals surface area (Å²) < 4.78 is 23.1. The van der Waals surface area contributed by atoms with Crippen molar-refractivity contribution < 1.29 is 23.8 Å². The highest BCUT2D eigenvalue weighted by Crippen LogP contribution is 2.42. The van der Waals surface area contributed by atoms with Crippen LogP contribution >= 0.6 is 0 Å². The molecule has 0 spiro atoms. The number of rotatable bonds is 5. The van der Waals surface area contributed by atoms with Gasteiger partial charge in [-0.05, 0) is 55.4 Å². The lowest BCUT2D eigenvalue weighted by atomic mass is 9.93. The van der Waals surface area contributed by atoms with Crippen molar-refractivity contribution in [2.24, 2.45) is 5.92 Å². The minimum absolute atomic E-state index is 0.0169. The fourth-order valence-corrected chi connectivity index (χ4v) is 5.39. The van der Waals surface area contributed by atoms with Crippen molar-refractivity contribution in [2.45, 2.75) is 37.6 Å². The van der Waals surface area contributed by atoms with Crippen LogP contribution in [-0.4, -0.2) is 57.5 Å². The normalized spacial score (nSPS) is 21.7. The third-order valence-electron chi connectivity index (χ3n) is 7.36. The van der Waals surface area contributed by atoms with Crippen LogP contribution in [0.2, 0.25) is 0 Å². The Morgan fingerprint density at radius 3 is 2.66 bits per heavy atom. The molecular formula is C27H26FN3O4. The van der Waals surface area contributed by atoms with Gasteiger partial charge in [-0.1, -0.05) is 24.3 Å². The van der Waals surface area contributed by atoms with Gasteiger partial charge in [-0.2, -0.15) is 5.10 Å². The van der Waals surface area contributed by atoms with E-state index >= 15 is 4.39 Å². The predicted molar refractivity (Wildman–Crippen MR) is 126 cm³/mol. The zero-order valence-electron chi connectivity index (χ0n) is 19.2. The number of benzene rings is 2. The molecule has 1 amide bonds. The lowest BCUT2D eigenvalue weighted by Crippen LogP contribution is -2.47. The number of nitrogens with zero attached hydrogens (tertiary/aromatic N) is 3. The van der Waals surface area contributed by atoms with Gasteiger partial charge in [0.05, 0.1) is 42.4 Å². The van der Waals surface area contributed by atoms with E-state index in [0.29, 0.717) is 48.2 Å². The van der Waals surface area contributed by atoms with Crippen LogP contribution in [0.25, 0.3) is 16.8 Å². The predicted octanol–water partition coefficient (Wildman–Crippen LogP) is 4.51. The molecule has 2 aromatic carbocycles. The number of hydrogen-bond donors (Lipinski definition) is 1. The van der Waals surface area contributed by atoms with Crippen LogP contribution in [0.5, 0.6) is 0 Å². The highest BCUT2D eigenvalue weighted by Gasteiger charge is 2.36. The number of fused-ring (bicyclic) bond motifs is 4. The molecule has 2 unspecified atom stereocenters. The molecule has 3 saturated heterocycles. The zero-order valence-corrected chi connectivity index (χ0v) is 19.2. The molecule has 0 radical (unpaired) electrons. The highest BCUT2D eigenvalue weighted by atomic mass is 19.1. The summed E-state index contributed by atoms with van der Waals surface area (Å²) >= 11 is 0. The second-order valence-corrected chi connectivity index (χ2v) is 9.74. The molecule has 2 bridgehead atoms. The first kappa shape index (κ1) is 22.0. The average molecular weight is 476 g/mol. The largest absolute Gasteiger partial charge is 0.478 e. The molecule has 4 aliphatic rings. The van der Waals surface area contributed by atoms with Crippen molar-refractivity contribution in [2.75, 3.05) is 19.8 Å². The SMILES string of the molecule is O=C(O)c1cnn(-c2cccc(-c3cccc(C(=O)N4CC5CCC4COC5)c3F)c2)c1C1CC1. The van der Waals surface area contributed by atoms with Gasteiger partial charge in [-0.25, -0.2) is 13.9 Å². The monoisotopic (exact) mass is 475 g/mol. The van der Waals surface area contributed by atoms with Crippen LogP contribution in [0.4, 0.5) is 4.39 Å². The first-order valence-corrected chi connectivity index (χ1v) is 12.1. The van der Waals surface area contributed by atoms with Crippen molar-refractivity contribution >= 4 is 11.9 Å². The number of halogens is 1. The topological polar surface area (TPSA) is 84.7 Å². The summed E-state index contributed by atoms with van der Waals surface area (Å²) in [7, 11) is 0. The highest BCUT2D eigenvalue weighted by molar-refractivity contribution is 5.96. The lowest BCUT2D eigenvalue weighted by molar-refractivity contribution is 0.0555. The summed E-state index contributed by atoms with van der Waals surface area (Å²) in [4.78, 5) is 26.9. The molecule has 4 heterocycles. The number of carbonyl (C=O) groups is 2. The summed E-state index contributed by atoms with van der Waals surface area (Å²) in [6, 6.07) is 12.1. The van der Waals surface area contributed by atoms with E-state index in [1.165, 1.54) is 6.20 Å². The molecule has 8 heteroatoms. The standard InChI is InChI=1S/C27H26FN3O4/c28-24-21(5-2-6-22(24)26(32)30-13-16-7-10-20(30)15-35-14-16)18-3-1-4-19(11-18)31-25(17-8-9-17)23(12-29-31)27(33)34/h1-6,11-12,16-17,20H,7-10,13-15H2,(H,33,34). The van der Waals surface area contributed by atoms with Gasteiger partial charge in [-0.15, -0.1) is 0 Å². The molecule has 1 aromatic heterocycles. The Balaban J connectivity index is 1.35. The Hall–Kier alpha value is -3.52. The maximum absolute atomic E-state index is 15.8. The van der Waals surface area contributed by atoms with Crippen molar-refractivity contribution in [1.82, 2.24) is 14.7 Å². The summed E-state index contributed by atoms with van der Waals surface area (Å²) in [6.45, 7) is 1.74. The smallest absolute Gasteiger partial charge is 0.339 e. The van der Waals surface area contributed by atoms with Gasteiger partial charge >= 0.3 is 5.97 Å². The minimum atomic E-state index is -1.00. The van der Waals surface area contributed by atoms with E-state index in [4.69, 9.17) is 4.74 Å². The Bertz CT molecular complexity index is 1310. The first-order valence-electron chi connectivity index (χ1n) is 12.1. The van der Waals surface area contributed by atoms with E-state index in [1.54, 1.807) is 46.0 Å². The van der Waals surface area contributed by atoms with Crippen LogP contribution in [0.3, 0.4) is 0 Å². The number of aromatic carboxylic acids is 1. The van der Waals surface area contributed by atoms with Gasteiger partial charge in [0, 0.05) is 18.0 Å². The van der Waals surface area contributed by atoms with E-state index in [2.05, 4.69) is 5.10 Å². The van der Waals surface area contributed by atoms with E-state index in [-0.39, 0.29) is 29.0 Å². The molecule has 4 fully saturated rings. The molecule has 3 aromatic rings. The Kier molecular flexibility index (Phi) is 5.40. The maximum Gasteiger partial charge on any atom is 0.339 e. The van der Waals surface area contributed by atoms with Gasteiger partial charge in [0.25, 0.3) is 5.91 Å². The zero-order chi connectivity index (χ0) is 24.1. The number of carbonyl (C=O) groups excluding carboxylic acids is 1. The summed E-state index contributed by atoms with van der Waals surface area (Å²) in [5, 5.41) is 13.9. The fourth-order valence-electron chi connectivity index (χ4n) is 5.39. The van der Waals surface area contributed by atoms with Crippen LogP contribution in [0, 0.1) is 11.7 Å². The summed E-state index contributed by atoms with van der Waals surface area (Å²) in [5.41, 5.74) is 2.53. The minimum Gasteiger partial charge on any atom is -0.478 e. The molecule has 1 aliphatic carbocycles. The number of hydrogen-bond acceptors (Lipinski definition) is 4. The van der Waals surface area contributed by atoms with Crippen LogP contribution in [0.1, 0.15) is 58.0 Å². The van der Waals surface area contributed by atoms with Gasteiger partial charge in [0.15, 0.2) is 0 Å². The molecular weight excluding hydrogens is 449 g/mol. The van der Waals surface area contributed by atoms with E-state index < -0.39 is 11.8 Å². The van der Waals surface area contributed by atoms with Gasteiger partial charge < -0.3 is 14.7 Å². The quantitative estimate of drug-likeness (QED) is 0.587. The molecule has 35 heavy (non-hydrogen) atoms. The Morgan fingerprint density at radius 1 is 1.03 bits per heavy atom. The van der Waals surface area contributed by atoms with Crippen molar-refractivity contribution in [3.8, 4) is 16.8 Å². The van der Waals surface area contributed by atoms with Crippen molar-refractivity contribution in [3.63, 3.8) is 0 Å². The van der Waals surface area contributed by atoms with Crippen LogP contribution < -0.4 is 0 Å².